The highest BCUT2D eigenvalue weighted by molar-refractivity contribution is 5.94. The Kier molecular flexibility index (Phi) is 9.68. The van der Waals surface area contributed by atoms with Crippen LogP contribution in [0.1, 0.15) is 38.5 Å². The fourth-order valence-corrected chi connectivity index (χ4v) is 3.01. The molecule has 0 spiro atoms. The molecule has 13 heteroatoms. The molecule has 1 aliphatic rings. The molecule has 3 unspecified atom stereocenters. The van der Waals surface area contributed by atoms with Crippen LogP contribution in [-0.2, 0) is 28.8 Å². The van der Waals surface area contributed by atoms with Crippen LogP contribution in [0.25, 0.3) is 0 Å². The van der Waals surface area contributed by atoms with Crippen LogP contribution in [0.2, 0.25) is 0 Å². The summed E-state index contributed by atoms with van der Waals surface area (Å²) in [6, 6.07) is -3.35. The SMILES string of the molecule is NC(CCC(=O)O)C(=O)N1CCCC1C(=O)NC(CCC(=O)O)C(=O)NCC(=O)O. The van der Waals surface area contributed by atoms with E-state index in [1.54, 1.807) is 0 Å². The first kappa shape index (κ1) is 24.8. The summed E-state index contributed by atoms with van der Waals surface area (Å²) in [6.07, 6.45) is -0.354. The summed E-state index contributed by atoms with van der Waals surface area (Å²) in [5, 5.41) is 30.6. The van der Waals surface area contributed by atoms with Crippen LogP contribution >= 0.6 is 0 Å². The molecule has 0 aromatic carbocycles. The number of nitrogens with zero attached hydrogens (tertiary/aromatic N) is 1. The number of aliphatic carboxylic acids is 3. The molecule has 30 heavy (non-hydrogen) atoms. The van der Waals surface area contributed by atoms with E-state index in [1.807, 2.05) is 0 Å². The number of likely N-dealkylation sites (tertiary alicyclic amines) is 1. The van der Waals surface area contributed by atoms with Gasteiger partial charge >= 0.3 is 17.9 Å². The Balaban J connectivity index is 2.80. The topological polar surface area (TPSA) is 216 Å². The Bertz CT molecular complexity index is 697. The molecule has 13 nitrogen and oxygen atoms in total. The van der Waals surface area contributed by atoms with Gasteiger partial charge in [-0.25, -0.2) is 0 Å². The monoisotopic (exact) mass is 430 g/mol. The van der Waals surface area contributed by atoms with E-state index in [1.165, 1.54) is 4.90 Å². The van der Waals surface area contributed by atoms with Gasteiger partial charge in [-0.1, -0.05) is 0 Å². The molecule has 1 saturated heterocycles. The van der Waals surface area contributed by atoms with Gasteiger partial charge in [-0.3, -0.25) is 28.8 Å². The lowest BCUT2D eigenvalue weighted by molar-refractivity contribution is -0.142. The third-order valence-electron chi connectivity index (χ3n) is 4.52. The predicted octanol–water partition coefficient (Wildman–Crippen LogP) is -2.28. The number of rotatable bonds is 12. The van der Waals surface area contributed by atoms with E-state index in [0.29, 0.717) is 6.42 Å². The Morgan fingerprint density at radius 3 is 2.13 bits per heavy atom. The van der Waals surface area contributed by atoms with Gasteiger partial charge in [0, 0.05) is 19.4 Å². The first-order valence-corrected chi connectivity index (χ1v) is 9.32. The second-order valence-electron chi connectivity index (χ2n) is 6.83. The fourth-order valence-electron chi connectivity index (χ4n) is 3.01. The molecule has 0 aromatic rings. The molecule has 1 fully saturated rings. The molecule has 0 aromatic heterocycles. The molecule has 1 heterocycles. The molecule has 1 rings (SSSR count). The predicted molar refractivity (Wildman–Crippen MR) is 99.0 cm³/mol. The molecule has 0 aliphatic carbocycles. The minimum atomic E-state index is -1.31. The summed E-state index contributed by atoms with van der Waals surface area (Å²) in [6.45, 7) is -0.479. The van der Waals surface area contributed by atoms with E-state index in [-0.39, 0.29) is 32.2 Å². The quantitative estimate of drug-likeness (QED) is 0.195. The van der Waals surface area contributed by atoms with E-state index in [4.69, 9.17) is 21.1 Å². The van der Waals surface area contributed by atoms with Gasteiger partial charge in [-0.05, 0) is 25.7 Å². The van der Waals surface area contributed by atoms with Crippen molar-refractivity contribution in [2.24, 2.45) is 5.73 Å². The summed E-state index contributed by atoms with van der Waals surface area (Å²) in [7, 11) is 0. The summed E-state index contributed by atoms with van der Waals surface area (Å²) >= 11 is 0. The zero-order valence-corrected chi connectivity index (χ0v) is 16.2. The van der Waals surface area contributed by atoms with Gasteiger partial charge in [0.2, 0.25) is 17.7 Å². The van der Waals surface area contributed by atoms with Crippen LogP contribution in [0.5, 0.6) is 0 Å². The Morgan fingerprint density at radius 1 is 0.967 bits per heavy atom. The smallest absolute Gasteiger partial charge is 0.322 e. The maximum Gasteiger partial charge on any atom is 0.322 e. The number of nitrogens with two attached hydrogens (primary N) is 1. The third-order valence-corrected chi connectivity index (χ3v) is 4.52. The van der Waals surface area contributed by atoms with Crippen LogP contribution in [0.4, 0.5) is 0 Å². The van der Waals surface area contributed by atoms with Crippen molar-refractivity contribution in [3.63, 3.8) is 0 Å². The standard InChI is InChI=1S/C17H26N4O9/c18-9(3-5-12(22)23)17(30)21-7-1-2-11(21)16(29)20-10(4-6-13(24)25)15(28)19-8-14(26)27/h9-11H,1-8,18H2,(H,19,28)(H,20,29)(H,22,23)(H,24,25)(H,26,27). The van der Waals surface area contributed by atoms with Gasteiger partial charge in [0.25, 0.3) is 0 Å². The lowest BCUT2D eigenvalue weighted by Crippen LogP contribution is -2.55. The van der Waals surface area contributed by atoms with E-state index in [2.05, 4.69) is 10.6 Å². The van der Waals surface area contributed by atoms with Crippen LogP contribution in [0.3, 0.4) is 0 Å². The van der Waals surface area contributed by atoms with Crippen molar-refractivity contribution in [3.05, 3.63) is 0 Å². The first-order valence-electron chi connectivity index (χ1n) is 9.32. The van der Waals surface area contributed by atoms with Crippen molar-refractivity contribution < 1.29 is 44.1 Å². The summed E-state index contributed by atoms with van der Waals surface area (Å²) in [5.74, 6) is -5.78. The number of carboxylic acids is 3. The van der Waals surface area contributed by atoms with E-state index < -0.39 is 66.7 Å². The van der Waals surface area contributed by atoms with Crippen molar-refractivity contribution in [1.82, 2.24) is 15.5 Å². The number of carbonyl (C=O) groups is 6. The number of amides is 3. The zero-order chi connectivity index (χ0) is 22.8. The van der Waals surface area contributed by atoms with Crippen molar-refractivity contribution in [2.75, 3.05) is 13.1 Å². The van der Waals surface area contributed by atoms with Crippen LogP contribution in [0.15, 0.2) is 0 Å². The lowest BCUT2D eigenvalue weighted by atomic mass is 10.1. The number of carboxylic acid groups (broad SMARTS) is 3. The van der Waals surface area contributed by atoms with Gasteiger partial charge in [-0.15, -0.1) is 0 Å². The minimum absolute atomic E-state index is 0.0994. The average molecular weight is 430 g/mol. The maximum atomic E-state index is 12.7. The van der Waals surface area contributed by atoms with E-state index in [0.717, 1.165) is 0 Å². The Morgan fingerprint density at radius 2 is 1.57 bits per heavy atom. The van der Waals surface area contributed by atoms with Gasteiger partial charge in [0.15, 0.2) is 0 Å². The molecule has 168 valence electrons. The molecule has 0 bridgehead atoms. The molecule has 1 aliphatic heterocycles. The van der Waals surface area contributed by atoms with Crippen molar-refractivity contribution >= 4 is 35.6 Å². The van der Waals surface area contributed by atoms with Gasteiger partial charge in [0.1, 0.15) is 18.6 Å². The summed E-state index contributed by atoms with van der Waals surface area (Å²) < 4.78 is 0. The number of carbonyl (C=O) groups excluding carboxylic acids is 3. The average Bonchev–Trinajstić information content (AvgIpc) is 3.16. The lowest BCUT2D eigenvalue weighted by Gasteiger charge is -2.28. The van der Waals surface area contributed by atoms with Crippen molar-refractivity contribution in [3.8, 4) is 0 Å². The van der Waals surface area contributed by atoms with Gasteiger partial charge < -0.3 is 36.6 Å². The number of hydrogen-bond acceptors (Lipinski definition) is 7. The summed E-state index contributed by atoms with van der Waals surface area (Å²) in [5.41, 5.74) is 5.73. The van der Waals surface area contributed by atoms with E-state index in [9.17, 15) is 28.8 Å². The first-order chi connectivity index (χ1) is 14.0. The normalized spacial score (nSPS) is 17.6. The van der Waals surface area contributed by atoms with Crippen molar-refractivity contribution in [1.29, 1.82) is 0 Å². The minimum Gasteiger partial charge on any atom is -0.481 e. The maximum absolute atomic E-state index is 12.7. The molecule has 0 saturated carbocycles. The number of nitrogens with one attached hydrogen (secondary N) is 2. The summed E-state index contributed by atoms with van der Waals surface area (Å²) in [4.78, 5) is 70.6. The van der Waals surface area contributed by atoms with Crippen LogP contribution in [-0.4, -0.2) is 87.1 Å². The van der Waals surface area contributed by atoms with Gasteiger partial charge in [0.05, 0.1) is 6.04 Å². The molecule has 0 radical (unpaired) electrons. The molecule has 3 atom stereocenters. The zero-order valence-electron chi connectivity index (χ0n) is 16.2. The number of hydrogen-bond donors (Lipinski definition) is 6. The third kappa shape index (κ3) is 8.03. The Labute approximate surface area is 171 Å². The van der Waals surface area contributed by atoms with Crippen LogP contribution in [0, 0.1) is 0 Å². The highest BCUT2D eigenvalue weighted by Gasteiger charge is 2.37. The van der Waals surface area contributed by atoms with E-state index >= 15 is 0 Å². The Hall–Kier alpha value is -3.22. The molecular weight excluding hydrogens is 404 g/mol. The highest BCUT2D eigenvalue weighted by atomic mass is 16.4. The van der Waals surface area contributed by atoms with Crippen molar-refractivity contribution in [2.45, 2.75) is 56.7 Å². The second-order valence-corrected chi connectivity index (χ2v) is 6.83. The molecular formula is C17H26N4O9. The molecule has 3 amide bonds. The van der Waals surface area contributed by atoms with Crippen LogP contribution < -0.4 is 16.4 Å². The fraction of sp³-hybridized carbons (Fsp3) is 0.647. The van der Waals surface area contributed by atoms with Gasteiger partial charge in [-0.2, -0.15) is 0 Å². The molecule has 7 N–H and O–H groups in total. The second kappa shape index (κ2) is 11.7. The largest absolute Gasteiger partial charge is 0.481 e. The highest BCUT2D eigenvalue weighted by Crippen LogP contribution is 2.19.